The maximum absolute atomic E-state index is 12.5. The number of rotatable bonds is 4. The van der Waals surface area contributed by atoms with Crippen LogP contribution in [-0.2, 0) is 0 Å². The van der Waals surface area contributed by atoms with Crippen LogP contribution in [0.25, 0.3) is 11.3 Å². The van der Waals surface area contributed by atoms with Crippen molar-refractivity contribution in [1.82, 2.24) is 4.98 Å². The van der Waals surface area contributed by atoms with Crippen molar-refractivity contribution in [2.45, 2.75) is 6.92 Å². The quantitative estimate of drug-likeness (QED) is 0.427. The number of benzene rings is 2. The van der Waals surface area contributed by atoms with Crippen LogP contribution in [-0.4, -0.2) is 22.3 Å². The Morgan fingerprint density at radius 1 is 1.00 bits per heavy atom. The second-order valence-corrected chi connectivity index (χ2v) is 6.83. The van der Waals surface area contributed by atoms with Gasteiger partial charge in [-0.25, -0.2) is 4.98 Å². The fourth-order valence-electron chi connectivity index (χ4n) is 2.99. The van der Waals surface area contributed by atoms with Crippen molar-refractivity contribution in [3.05, 3.63) is 71.1 Å². The van der Waals surface area contributed by atoms with Crippen LogP contribution in [0.15, 0.2) is 65.1 Å². The molecule has 0 amide bonds. The summed E-state index contributed by atoms with van der Waals surface area (Å²) < 4.78 is 0. The first-order valence-electron chi connectivity index (χ1n) is 8.14. The van der Waals surface area contributed by atoms with Crippen molar-refractivity contribution < 1.29 is 9.59 Å². The van der Waals surface area contributed by atoms with E-state index in [0.29, 0.717) is 22.0 Å². The van der Waals surface area contributed by atoms with Crippen LogP contribution in [0.2, 0.25) is 0 Å². The Kier molecular flexibility index (Phi) is 4.18. The average molecular weight is 361 g/mol. The van der Waals surface area contributed by atoms with E-state index >= 15 is 0 Å². The predicted molar refractivity (Wildman–Crippen MR) is 103 cm³/mol. The summed E-state index contributed by atoms with van der Waals surface area (Å²) in [5, 5.41) is 6.78. The summed E-state index contributed by atoms with van der Waals surface area (Å²) in [4.78, 5) is 29.5. The van der Waals surface area contributed by atoms with Crippen LogP contribution in [0.1, 0.15) is 27.6 Å². The highest BCUT2D eigenvalue weighted by Gasteiger charge is 2.40. The molecule has 0 saturated heterocycles. The molecule has 1 heterocycles. The lowest BCUT2D eigenvalue weighted by atomic mass is 9.99. The van der Waals surface area contributed by atoms with Gasteiger partial charge in [0, 0.05) is 22.1 Å². The summed E-state index contributed by atoms with van der Waals surface area (Å²) in [5.74, 6) is -1.25. The highest BCUT2D eigenvalue weighted by atomic mass is 32.1. The fourth-order valence-corrected chi connectivity index (χ4v) is 3.65. The van der Waals surface area contributed by atoms with Gasteiger partial charge in [0.25, 0.3) is 0 Å². The molecule has 3 aromatic rings. The number of hydrazone groups is 1. The molecule has 1 N–H and O–H groups in total. The molecule has 0 bridgehead atoms. The summed E-state index contributed by atoms with van der Waals surface area (Å²) >= 11 is 1.42. The van der Waals surface area contributed by atoms with E-state index in [9.17, 15) is 9.59 Å². The van der Waals surface area contributed by atoms with Gasteiger partial charge in [0.05, 0.1) is 11.4 Å². The molecule has 1 aliphatic rings. The van der Waals surface area contributed by atoms with Gasteiger partial charge < -0.3 is 0 Å². The minimum Gasteiger partial charge on any atom is -0.293 e. The minimum atomic E-state index is -0.853. The first-order valence-corrected chi connectivity index (χ1v) is 9.01. The minimum absolute atomic E-state index is 0.197. The smallest absolute Gasteiger partial charge is 0.203 e. The number of nitrogens with one attached hydrogen (secondary N) is 1. The SMILES string of the molecule is C/C(=N\Nc1nc(-c2ccccc2)cs1)C1C(=O)c2ccccc2C1=O. The Hall–Kier alpha value is -3.12. The van der Waals surface area contributed by atoms with Gasteiger partial charge in [-0.2, -0.15) is 5.10 Å². The second kappa shape index (κ2) is 6.65. The number of ketones is 2. The molecular weight excluding hydrogens is 346 g/mol. The van der Waals surface area contributed by atoms with E-state index in [1.807, 2.05) is 35.7 Å². The molecule has 0 aliphatic heterocycles. The maximum Gasteiger partial charge on any atom is 0.203 e. The van der Waals surface area contributed by atoms with Gasteiger partial charge in [0.1, 0.15) is 5.92 Å². The zero-order chi connectivity index (χ0) is 18.1. The first-order chi connectivity index (χ1) is 12.6. The third kappa shape index (κ3) is 2.84. The highest BCUT2D eigenvalue weighted by molar-refractivity contribution is 7.14. The summed E-state index contributed by atoms with van der Waals surface area (Å²) in [6, 6.07) is 16.7. The molecular formula is C20H15N3O2S. The maximum atomic E-state index is 12.5. The van der Waals surface area contributed by atoms with E-state index in [4.69, 9.17) is 0 Å². The van der Waals surface area contributed by atoms with Gasteiger partial charge in [-0.15, -0.1) is 11.3 Å². The zero-order valence-electron chi connectivity index (χ0n) is 14.0. The molecule has 0 radical (unpaired) electrons. The molecule has 128 valence electrons. The van der Waals surface area contributed by atoms with Crippen molar-refractivity contribution in [3.63, 3.8) is 0 Å². The number of thiazole rings is 1. The third-order valence-electron chi connectivity index (χ3n) is 4.30. The van der Waals surface area contributed by atoms with E-state index in [2.05, 4.69) is 15.5 Å². The molecule has 4 rings (SSSR count). The predicted octanol–water partition coefficient (Wildman–Crippen LogP) is 4.29. The molecule has 0 unspecified atom stereocenters. The second-order valence-electron chi connectivity index (χ2n) is 5.98. The molecule has 0 atom stereocenters. The molecule has 2 aromatic carbocycles. The van der Waals surface area contributed by atoms with Crippen molar-refractivity contribution in [3.8, 4) is 11.3 Å². The highest BCUT2D eigenvalue weighted by Crippen LogP contribution is 2.28. The van der Waals surface area contributed by atoms with Gasteiger partial charge in [-0.05, 0) is 6.92 Å². The Morgan fingerprint density at radius 2 is 1.62 bits per heavy atom. The van der Waals surface area contributed by atoms with Crippen LogP contribution in [0.4, 0.5) is 5.13 Å². The van der Waals surface area contributed by atoms with E-state index in [1.165, 1.54) is 11.3 Å². The van der Waals surface area contributed by atoms with Crippen LogP contribution in [0, 0.1) is 5.92 Å². The number of hydrogen-bond acceptors (Lipinski definition) is 6. The number of carbonyl (C=O) groups excluding carboxylic acids is 2. The summed E-state index contributed by atoms with van der Waals surface area (Å²) in [7, 11) is 0. The molecule has 6 heteroatoms. The number of Topliss-reactive ketones (excluding diaryl/α,β-unsaturated/α-hetero) is 2. The first kappa shape index (κ1) is 16.4. The van der Waals surface area contributed by atoms with E-state index in [1.54, 1.807) is 31.2 Å². The lowest BCUT2D eigenvalue weighted by Gasteiger charge is -2.06. The Labute approximate surface area is 154 Å². The Balaban J connectivity index is 1.52. The number of fused-ring (bicyclic) bond motifs is 1. The molecule has 1 aliphatic carbocycles. The number of nitrogens with zero attached hydrogens (tertiary/aromatic N) is 2. The van der Waals surface area contributed by atoms with Crippen molar-refractivity contribution in [2.24, 2.45) is 11.0 Å². The average Bonchev–Trinajstić information content (AvgIpc) is 3.25. The molecule has 1 aromatic heterocycles. The van der Waals surface area contributed by atoms with Gasteiger partial charge in [-0.3, -0.25) is 15.0 Å². The summed E-state index contributed by atoms with van der Waals surface area (Å²) in [6.45, 7) is 1.69. The van der Waals surface area contributed by atoms with E-state index in [-0.39, 0.29) is 11.6 Å². The van der Waals surface area contributed by atoms with Crippen molar-refractivity contribution in [1.29, 1.82) is 0 Å². The summed E-state index contributed by atoms with van der Waals surface area (Å²) in [6.07, 6.45) is 0. The van der Waals surface area contributed by atoms with E-state index in [0.717, 1.165) is 11.3 Å². The largest absolute Gasteiger partial charge is 0.293 e. The van der Waals surface area contributed by atoms with Gasteiger partial charge in [-0.1, -0.05) is 54.6 Å². The van der Waals surface area contributed by atoms with Gasteiger partial charge in [0.15, 0.2) is 11.6 Å². The Bertz CT molecular complexity index is 989. The molecule has 0 saturated carbocycles. The summed E-state index contributed by atoms with van der Waals surface area (Å²) in [5.41, 5.74) is 6.12. The number of carbonyl (C=O) groups is 2. The normalized spacial score (nSPS) is 14.6. The fraction of sp³-hybridized carbons (Fsp3) is 0.100. The van der Waals surface area contributed by atoms with Crippen LogP contribution in [0.5, 0.6) is 0 Å². The van der Waals surface area contributed by atoms with Gasteiger partial charge in [0.2, 0.25) is 5.13 Å². The number of aromatic nitrogens is 1. The molecule has 5 nitrogen and oxygen atoms in total. The number of anilines is 1. The monoisotopic (exact) mass is 361 g/mol. The lowest BCUT2D eigenvalue weighted by Crippen LogP contribution is -2.24. The molecule has 26 heavy (non-hydrogen) atoms. The van der Waals surface area contributed by atoms with Crippen molar-refractivity contribution >= 4 is 33.7 Å². The topological polar surface area (TPSA) is 71.4 Å². The van der Waals surface area contributed by atoms with Crippen molar-refractivity contribution in [2.75, 3.05) is 5.43 Å². The Morgan fingerprint density at radius 3 is 2.27 bits per heavy atom. The standard InChI is InChI=1S/C20H15N3O2S/c1-12(17-18(24)14-9-5-6-10-15(14)19(17)25)22-23-20-21-16(11-26-20)13-7-3-2-4-8-13/h2-11,17H,1H3,(H,21,23)/b22-12+. The van der Waals surface area contributed by atoms with E-state index < -0.39 is 5.92 Å². The third-order valence-corrected chi connectivity index (χ3v) is 5.05. The lowest BCUT2D eigenvalue weighted by molar-refractivity contribution is 0.0883. The van der Waals surface area contributed by atoms with Crippen LogP contribution >= 0.6 is 11.3 Å². The number of hydrogen-bond donors (Lipinski definition) is 1. The molecule has 0 spiro atoms. The van der Waals surface area contributed by atoms with Crippen LogP contribution < -0.4 is 5.43 Å². The zero-order valence-corrected chi connectivity index (χ0v) is 14.8. The molecule has 0 fully saturated rings. The van der Waals surface area contributed by atoms with Crippen LogP contribution in [0.3, 0.4) is 0 Å². The van der Waals surface area contributed by atoms with Gasteiger partial charge >= 0.3 is 0 Å².